The van der Waals surface area contributed by atoms with Gasteiger partial charge in [0.2, 0.25) is 11.1 Å². The van der Waals surface area contributed by atoms with Gasteiger partial charge < -0.3 is 5.32 Å². The first kappa shape index (κ1) is 16.7. The van der Waals surface area contributed by atoms with E-state index in [-0.39, 0.29) is 11.9 Å². The molecule has 2 rings (SSSR count). The average Bonchev–Trinajstić information content (AvgIpc) is 2.86. The van der Waals surface area contributed by atoms with Crippen molar-refractivity contribution in [2.75, 3.05) is 5.75 Å². The van der Waals surface area contributed by atoms with Gasteiger partial charge in [-0.05, 0) is 39.7 Å². The normalized spacial score (nSPS) is 12.6. The summed E-state index contributed by atoms with van der Waals surface area (Å²) in [4.78, 5) is 20.7. The molecule has 7 heteroatoms. The van der Waals surface area contributed by atoms with Crippen molar-refractivity contribution in [2.24, 2.45) is 0 Å². The molecule has 0 saturated heterocycles. The number of nitrogens with one attached hydrogen (secondary N) is 1. The van der Waals surface area contributed by atoms with Crippen LogP contribution in [0.25, 0.3) is 5.78 Å². The highest BCUT2D eigenvalue weighted by Crippen LogP contribution is 2.17. The fraction of sp³-hybridized carbons (Fsp3) is 0.600. The smallest absolute Gasteiger partial charge is 0.253 e. The number of rotatable bonds is 6. The Morgan fingerprint density at radius 3 is 2.73 bits per heavy atom. The maximum Gasteiger partial charge on any atom is 0.253 e. The number of hydrogen-bond donors (Lipinski definition) is 1. The molecular weight excluding hydrogens is 298 g/mol. The summed E-state index contributed by atoms with van der Waals surface area (Å²) in [5.74, 6) is 0.923. The van der Waals surface area contributed by atoms with Crippen molar-refractivity contribution in [3.05, 3.63) is 17.0 Å². The fourth-order valence-corrected chi connectivity index (χ4v) is 2.88. The Hall–Kier alpha value is -1.63. The molecule has 2 aromatic rings. The van der Waals surface area contributed by atoms with Crippen LogP contribution in [0, 0.1) is 20.8 Å². The second-order valence-corrected chi connectivity index (χ2v) is 6.50. The first-order valence-electron chi connectivity index (χ1n) is 7.55. The number of fused-ring (bicyclic) bond motifs is 1. The van der Waals surface area contributed by atoms with Crippen LogP contribution in [-0.2, 0) is 4.79 Å². The van der Waals surface area contributed by atoms with Crippen LogP contribution in [0.1, 0.15) is 43.6 Å². The van der Waals surface area contributed by atoms with Crippen molar-refractivity contribution in [1.29, 1.82) is 0 Å². The maximum atomic E-state index is 11.9. The quantitative estimate of drug-likeness (QED) is 0.827. The van der Waals surface area contributed by atoms with Crippen molar-refractivity contribution in [3.8, 4) is 0 Å². The molecule has 0 aromatic carbocycles. The van der Waals surface area contributed by atoms with Crippen molar-refractivity contribution in [3.63, 3.8) is 0 Å². The lowest BCUT2D eigenvalue weighted by atomic mass is 10.2. The highest BCUT2D eigenvalue weighted by Gasteiger charge is 2.13. The summed E-state index contributed by atoms with van der Waals surface area (Å²) in [7, 11) is 0. The van der Waals surface area contributed by atoms with E-state index in [1.54, 1.807) is 4.52 Å². The van der Waals surface area contributed by atoms with Gasteiger partial charge in [-0.3, -0.25) is 4.79 Å². The molecule has 0 aliphatic rings. The summed E-state index contributed by atoms with van der Waals surface area (Å²) in [6.07, 6.45) is 2.05. The number of nitrogens with zero attached hydrogens (tertiary/aromatic N) is 4. The molecule has 0 fully saturated rings. The number of aromatic nitrogens is 4. The summed E-state index contributed by atoms with van der Waals surface area (Å²) in [6, 6.07) is 0.210. The van der Waals surface area contributed by atoms with E-state index >= 15 is 0 Å². The summed E-state index contributed by atoms with van der Waals surface area (Å²) >= 11 is 1.34. The van der Waals surface area contributed by atoms with Gasteiger partial charge in [0, 0.05) is 17.4 Å². The minimum atomic E-state index is 0.0156. The van der Waals surface area contributed by atoms with Crippen LogP contribution in [0.3, 0.4) is 0 Å². The molecule has 0 saturated carbocycles. The van der Waals surface area contributed by atoms with E-state index < -0.39 is 0 Å². The van der Waals surface area contributed by atoms with Gasteiger partial charge in [-0.25, -0.2) is 9.50 Å². The Bertz CT molecular complexity index is 682. The van der Waals surface area contributed by atoms with Crippen LogP contribution in [0.2, 0.25) is 0 Å². The van der Waals surface area contributed by atoms with Gasteiger partial charge in [0.05, 0.1) is 5.75 Å². The number of thioether (sulfide) groups is 1. The van der Waals surface area contributed by atoms with E-state index in [2.05, 4.69) is 27.3 Å². The van der Waals surface area contributed by atoms with Gasteiger partial charge in [-0.1, -0.05) is 25.1 Å². The van der Waals surface area contributed by atoms with Gasteiger partial charge in [0.1, 0.15) is 0 Å². The first-order valence-corrected chi connectivity index (χ1v) is 8.53. The topological polar surface area (TPSA) is 72.2 Å². The Morgan fingerprint density at radius 2 is 2.05 bits per heavy atom. The molecule has 1 atom stereocenters. The molecule has 2 heterocycles. The highest BCUT2D eigenvalue weighted by atomic mass is 32.2. The molecule has 1 N–H and O–H groups in total. The van der Waals surface area contributed by atoms with Crippen molar-refractivity contribution in [2.45, 2.75) is 58.7 Å². The largest absolute Gasteiger partial charge is 0.353 e. The van der Waals surface area contributed by atoms with E-state index in [4.69, 9.17) is 0 Å². The lowest BCUT2D eigenvalue weighted by Crippen LogP contribution is -2.33. The standard InChI is InChI=1S/C15H23N5OS/c1-6-7-9(2)16-13(21)8-22-15-18-14-17-11(4)10(3)12(5)20(14)19-15/h9H,6-8H2,1-5H3,(H,16,21). The number of hydrogen-bond acceptors (Lipinski definition) is 5. The lowest BCUT2D eigenvalue weighted by molar-refractivity contribution is -0.119. The zero-order valence-corrected chi connectivity index (χ0v) is 14.6. The van der Waals surface area contributed by atoms with Gasteiger partial charge in [-0.2, -0.15) is 4.98 Å². The second-order valence-electron chi connectivity index (χ2n) is 5.56. The molecule has 1 amide bonds. The summed E-state index contributed by atoms with van der Waals surface area (Å²) in [6.45, 7) is 10.1. The Kier molecular flexibility index (Phi) is 5.39. The predicted molar refractivity (Wildman–Crippen MR) is 88.2 cm³/mol. The summed E-state index contributed by atoms with van der Waals surface area (Å²) < 4.78 is 1.74. The van der Waals surface area contributed by atoms with E-state index in [1.807, 2.05) is 27.7 Å². The maximum absolute atomic E-state index is 11.9. The molecule has 1 unspecified atom stereocenters. The van der Waals surface area contributed by atoms with Gasteiger partial charge in [0.15, 0.2) is 0 Å². The minimum Gasteiger partial charge on any atom is -0.353 e. The van der Waals surface area contributed by atoms with Gasteiger partial charge in [-0.15, -0.1) is 5.10 Å². The van der Waals surface area contributed by atoms with Gasteiger partial charge in [0.25, 0.3) is 5.78 Å². The van der Waals surface area contributed by atoms with E-state index in [1.165, 1.54) is 11.8 Å². The molecule has 22 heavy (non-hydrogen) atoms. The lowest BCUT2D eigenvalue weighted by Gasteiger charge is -2.11. The molecule has 6 nitrogen and oxygen atoms in total. The molecule has 0 bridgehead atoms. The molecule has 120 valence electrons. The third-order valence-corrected chi connectivity index (χ3v) is 4.54. The van der Waals surface area contributed by atoms with E-state index in [0.29, 0.717) is 16.7 Å². The Labute approximate surface area is 135 Å². The molecular formula is C15H23N5OS. The van der Waals surface area contributed by atoms with Crippen molar-refractivity contribution in [1.82, 2.24) is 24.9 Å². The van der Waals surface area contributed by atoms with E-state index in [0.717, 1.165) is 29.8 Å². The van der Waals surface area contributed by atoms with Crippen molar-refractivity contribution >= 4 is 23.4 Å². The summed E-state index contributed by atoms with van der Waals surface area (Å²) in [5, 5.41) is 7.99. The predicted octanol–water partition coefficient (Wildman–Crippen LogP) is 2.45. The molecule has 2 aromatic heterocycles. The minimum absolute atomic E-state index is 0.0156. The zero-order chi connectivity index (χ0) is 16.3. The van der Waals surface area contributed by atoms with Crippen molar-refractivity contribution < 1.29 is 4.79 Å². The third kappa shape index (κ3) is 3.76. The SMILES string of the molecule is CCCC(C)NC(=O)CSc1nc2nc(C)c(C)c(C)n2n1. The molecule has 0 radical (unpaired) electrons. The number of amides is 1. The van der Waals surface area contributed by atoms with E-state index in [9.17, 15) is 4.79 Å². The summed E-state index contributed by atoms with van der Waals surface area (Å²) in [5.41, 5.74) is 3.10. The average molecular weight is 321 g/mol. The third-order valence-electron chi connectivity index (χ3n) is 3.70. The van der Waals surface area contributed by atoms with Crippen LogP contribution in [0.4, 0.5) is 0 Å². The molecule has 0 spiro atoms. The monoisotopic (exact) mass is 321 g/mol. The number of carbonyl (C=O) groups excluding carboxylic acids is 1. The van der Waals surface area contributed by atoms with Crippen LogP contribution in [0.5, 0.6) is 0 Å². The highest BCUT2D eigenvalue weighted by molar-refractivity contribution is 7.99. The molecule has 0 aliphatic heterocycles. The zero-order valence-electron chi connectivity index (χ0n) is 13.8. The fourth-order valence-electron chi connectivity index (χ4n) is 2.25. The number of aryl methyl sites for hydroxylation is 2. The number of carbonyl (C=O) groups is 1. The first-order chi connectivity index (χ1) is 10.4. The van der Waals surface area contributed by atoms with Gasteiger partial charge >= 0.3 is 0 Å². The van der Waals surface area contributed by atoms with Crippen LogP contribution < -0.4 is 5.32 Å². The van der Waals surface area contributed by atoms with Crippen LogP contribution in [-0.4, -0.2) is 37.3 Å². The Morgan fingerprint density at radius 1 is 1.32 bits per heavy atom. The Balaban J connectivity index is 2.04. The molecule has 0 aliphatic carbocycles. The van der Waals surface area contributed by atoms with Crippen LogP contribution in [0.15, 0.2) is 5.16 Å². The van der Waals surface area contributed by atoms with Crippen LogP contribution >= 0.6 is 11.8 Å². The second kappa shape index (κ2) is 7.09.